The molecule has 102 valence electrons. The van der Waals surface area contributed by atoms with E-state index in [0.29, 0.717) is 12.8 Å². The van der Waals surface area contributed by atoms with Gasteiger partial charge in [-0.2, -0.15) is 0 Å². The Bertz CT molecular complexity index is 485. The minimum atomic E-state index is -0.840. The summed E-state index contributed by atoms with van der Waals surface area (Å²) in [6.07, 6.45) is 0.863. The zero-order valence-electron chi connectivity index (χ0n) is 10.1. The van der Waals surface area contributed by atoms with Crippen LogP contribution in [0.1, 0.15) is 12.8 Å². The number of carbonyl (C=O) groups is 2. The van der Waals surface area contributed by atoms with Crippen LogP contribution < -0.4 is 10.1 Å². The highest BCUT2D eigenvalue weighted by molar-refractivity contribution is 5.78. The van der Waals surface area contributed by atoms with Gasteiger partial charge in [-0.15, -0.1) is 0 Å². The van der Waals surface area contributed by atoms with Gasteiger partial charge in [0.05, 0.1) is 5.92 Å². The van der Waals surface area contributed by atoms with Crippen molar-refractivity contribution in [3.8, 4) is 5.75 Å². The maximum Gasteiger partial charge on any atom is 0.306 e. The summed E-state index contributed by atoms with van der Waals surface area (Å²) in [4.78, 5) is 22.1. The molecule has 0 atom stereocenters. The number of rotatable bonds is 5. The number of amides is 1. The lowest BCUT2D eigenvalue weighted by molar-refractivity contribution is -0.146. The zero-order valence-corrected chi connectivity index (χ0v) is 10.1. The molecule has 1 aliphatic carbocycles. The second-order valence-corrected chi connectivity index (χ2v) is 4.49. The minimum Gasteiger partial charge on any atom is -0.481 e. The molecule has 0 spiro atoms. The number of hydrogen-bond acceptors (Lipinski definition) is 3. The lowest BCUT2D eigenvalue weighted by Gasteiger charge is -2.32. The standard InChI is InChI=1S/C13H14FNO4/c14-10-3-1-2-4-11(10)19-7-12(16)15-9-5-8(6-9)13(17)18/h1-4,8-9H,5-7H2,(H,15,16)(H,17,18). The maximum atomic E-state index is 13.2. The predicted octanol–water partition coefficient (Wildman–Crippen LogP) is 1.18. The second-order valence-electron chi connectivity index (χ2n) is 4.49. The number of hydrogen-bond donors (Lipinski definition) is 2. The molecule has 2 rings (SSSR count). The number of aliphatic carboxylic acids is 1. The van der Waals surface area contributed by atoms with Crippen LogP contribution in [0.2, 0.25) is 0 Å². The van der Waals surface area contributed by atoms with Gasteiger partial charge in [0.1, 0.15) is 0 Å². The topological polar surface area (TPSA) is 75.6 Å². The predicted molar refractivity (Wildman–Crippen MR) is 64.2 cm³/mol. The molecule has 6 heteroatoms. The van der Waals surface area contributed by atoms with Crippen LogP contribution >= 0.6 is 0 Å². The third-order valence-electron chi connectivity index (χ3n) is 3.05. The average molecular weight is 267 g/mol. The Morgan fingerprint density at radius 2 is 2.05 bits per heavy atom. The Hall–Kier alpha value is -2.11. The molecule has 1 fully saturated rings. The monoisotopic (exact) mass is 267 g/mol. The SMILES string of the molecule is O=C(COc1ccccc1F)NC1CC(C(=O)O)C1. The van der Waals surface area contributed by atoms with Crippen molar-refractivity contribution in [2.24, 2.45) is 5.92 Å². The van der Waals surface area contributed by atoms with Crippen molar-refractivity contribution in [1.29, 1.82) is 0 Å². The quantitative estimate of drug-likeness (QED) is 0.840. The molecular weight excluding hydrogens is 253 g/mol. The fourth-order valence-electron chi connectivity index (χ4n) is 1.91. The summed E-state index contributed by atoms with van der Waals surface area (Å²) in [5.41, 5.74) is 0. The Balaban J connectivity index is 1.72. The van der Waals surface area contributed by atoms with E-state index in [1.165, 1.54) is 18.2 Å². The van der Waals surface area contributed by atoms with E-state index in [1.807, 2.05) is 0 Å². The van der Waals surface area contributed by atoms with Crippen molar-refractivity contribution in [2.75, 3.05) is 6.61 Å². The minimum absolute atomic E-state index is 0.0228. The van der Waals surface area contributed by atoms with E-state index in [9.17, 15) is 14.0 Å². The third-order valence-corrected chi connectivity index (χ3v) is 3.05. The number of benzene rings is 1. The van der Waals surface area contributed by atoms with Gasteiger partial charge in [0.15, 0.2) is 18.2 Å². The molecule has 0 saturated heterocycles. The first-order chi connectivity index (χ1) is 9.06. The lowest BCUT2D eigenvalue weighted by Crippen LogP contribution is -2.48. The summed E-state index contributed by atoms with van der Waals surface area (Å²) in [6.45, 7) is -0.283. The molecule has 0 heterocycles. The Kier molecular flexibility index (Phi) is 3.99. The summed E-state index contributed by atoms with van der Waals surface area (Å²) < 4.78 is 18.2. The maximum absolute atomic E-state index is 13.2. The molecular formula is C13H14FNO4. The van der Waals surface area contributed by atoms with Crippen LogP contribution in [0, 0.1) is 11.7 Å². The van der Waals surface area contributed by atoms with Crippen LogP contribution in [0.3, 0.4) is 0 Å². The average Bonchev–Trinajstić information content (AvgIpc) is 2.31. The molecule has 0 unspecified atom stereocenters. The van der Waals surface area contributed by atoms with Gasteiger partial charge in [0.25, 0.3) is 5.91 Å². The van der Waals surface area contributed by atoms with Crippen LogP contribution in [0.25, 0.3) is 0 Å². The van der Waals surface area contributed by atoms with E-state index in [0.717, 1.165) is 0 Å². The second kappa shape index (κ2) is 5.69. The summed E-state index contributed by atoms with van der Waals surface area (Å²) in [5, 5.41) is 11.3. The molecule has 0 aliphatic heterocycles. The molecule has 1 aromatic carbocycles. The van der Waals surface area contributed by atoms with Crippen LogP contribution in [-0.4, -0.2) is 29.6 Å². The normalized spacial score (nSPS) is 21.3. The zero-order chi connectivity index (χ0) is 13.8. The first kappa shape index (κ1) is 13.3. The van der Waals surface area contributed by atoms with Gasteiger partial charge in [-0.05, 0) is 25.0 Å². The van der Waals surface area contributed by atoms with E-state index >= 15 is 0 Å². The van der Waals surface area contributed by atoms with Crippen molar-refractivity contribution in [1.82, 2.24) is 5.32 Å². The molecule has 19 heavy (non-hydrogen) atoms. The van der Waals surface area contributed by atoms with Crippen molar-refractivity contribution in [3.05, 3.63) is 30.1 Å². The smallest absolute Gasteiger partial charge is 0.306 e. The van der Waals surface area contributed by atoms with Crippen molar-refractivity contribution in [3.63, 3.8) is 0 Å². The van der Waals surface area contributed by atoms with Crippen molar-refractivity contribution < 1.29 is 23.8 Å². The number of carboxylic acid groups (broad SMARTS) is 1. The Morgan fingerprint density at radius 3 is 2.68 bits per heavy atom. The van der Waals surface area contributed by atoms with Crippen LogP contribution in [0.15, 0.2) is 24.3 Å². The lowest BCUT2D eigenvalue weighted by atomic mass is 9.80. The summed E-state index contributed by atoms with van der Waals surface area (Å²) in [7, 11) is 0. The molecule has 5 nitrogen and oxygen atoms in total. The summed E-state index contributed by atoms with van der Waals surface area (Å²) in [6, 6.07) is 5.70. The highest BCUT2D eigenvalue weighted by Gasteiger charge is 2.35. The summed E-state index contributed by atoms with van der Waals surface area (Å²) >= 11 is 0. The number of nitrogens with one attached hydrogen (secondary N) is 1. The Labute approximate surface area is 109 Å². The highest BCUT2D eigenvalue weighted by atomic mass is 19.1. The van der Waals surface area contributed by atoms with E-state index in [1.54, 1.807) is 6.07 Å². The van der Waals surface area contributed by atoms with Gasteiger partial charge in [-0.25, -0.2) is 4.39 Å². The summed E-state index contributed by atoms with van der Waals surface area (Å²) in [5.74, 6) is -2.09. The van der Waals surface area contributed by atoms with E-state index in [2.05, 4.69) is 5.32 Å². The number of para-hydroxylation sites is 1. The van der Waals surface area contributed by atoms with Gasteiger partial charge < -0.3 is 15.2 Å². The molecule has 2 N–H and O–H groups in total. The van der Waals surface area contributed by atoms with Gasteiger partial charge in [0, 0.05) is 6.04 Å². The molecule has 0 aromatic heterocycles. The van der Waals surface area contributed by atoms with E-state index in [-0.39, 0.29) is 30.2 Å². The molecule has 0 bridgehead atoms. The van der Waals surface area contributed by atoms with Crippen molar-refractivity contribution >= 4 is 11.9 Å². The van der Waals surface area contributed by atoms with Crippen molar-refractivity contribution in [2.45, 2.75) is 18.9 Å². The number of ether oxygens (including phenoxy) is 1. The molecule has 1 amide bonds. The number of halogens is 1. The molecule has 1 aromatic rings. The number of carboxylic acids is 1. The van der Waals surface area contributed by atoms with Gasteiger partial charge >= 0.3 is 5.97 Å². The van der Waals surface area contributed by atoms with E-state index in [4.69, 9.17) is 9.84 Å². The molecule has 1 saturated carbocycles. The first-order valence-electron chi connectivity index (χ1n) is 5.95. The third kappa shape index (κ3) is 3.43. The number of carbonyl (C=O) groups excluding carboxylic acids is 1. The fourth-order valence-corrected chi connectivity index (χ4v) is 1.91. The van der Waals surface area contributed by atoms with Gasteiger partial charge in [-0.1, -0.05) is 12.1 Å². The first-order valence-corrected chi connectivity index (χ1v) is 5.95. The van der Waals surface area contributed by atoms with Crippen LogP contribution in [0.5, 0.6) is 5.75 Å². The van der Waals surface area contributed by atoms with Crippen LogP contribution in [-0.2, 0) is 9.59 Å². The van der Waals surface area contributed by atoms with Gasteiger partial charge in [0.2, 0.25) is 0 Å². The molecule has 0 radical (unpaired) electrons. The van der Waals surface area contributed by atoms with E-state index < -0.39 is 11.8 Å². The Morgan fingerprint density at radius 1 is 1.37 bits per heavy atom. The molecule has 1 aliphatic rings. The fraction of sp³-hybridized carbons (Fsp3) is 0.385. The highest BCUT2D eigenvalue weighted by Crippen LogP contribution is 2.27. The van der Waals surface area contributed by atoms with Crippen LogP contribution in [0.4, 0.5) is 4.39 Å². The largest absolute Gasteiger partial charge is 0.481 e. The van der Waals surface area contributed by atoms with Gasteiger partial charge in [-0.3, -0.25) is 9.59 Å².